The minimum absolute atomic E-state index is 0. The van der Waals surface area contributed by atoms with E-state index in [4.69, 9.17) is 4.74 Å². The third-order valence-corrected chi connectivity index (χ3v) is 6.67. The average Bonchev–Trinajstić information content (AvgIpc) is 2.91. The van der Waals surface area contributed by atoms with Gasteiger partial charge in [0.2, 0.25) is 0 Å². The maximum absolute atomic E-state index is 5.75. The van der Waals surface area contributed by atoms with Crippen molar-refractivity contribution in [2.45, 2.75) is 129 Å². The maximum Gasteiger partial charge on any atom is -0.0184 e. The zero-order chi connectivity index (χ0) is 25.1. The van der Waals surface area contributed by atoms with Crippen LogP contribution in [0.25, 0.3) is 11.1 Å². The topological polar surface area (TPSA) is 9.23 Å². The minimum atomic E-state index is 0. The predicted octanol–water partition coefficient (Wildman–Crippen LogP) is 10.8. The fraction of sp³-hybridized carbons (Fsp3) is 0.647. The zero-order valence-corrected chi connectivity index (χ0v) is 23.3. The molecule has 2 heteroatoms. The smallest absolute Gasteiger partial charge is 0.0184 e. The summed E-state index contributed by atoms with van der Waals surface area (Å²) in [6.45, 7) is 6.56. The van der Waals surface area contributed by atoms with Crippen molar-refractivity contribution in [2.75, 3.05) is 13.2 Å². The van der Waals surface area contributed by atoms with Crippen molar-refractivity contribution in [3.05, 3.63) is 60.7 Å². The van der Waals surface area contributed by atoms with Gasteiger partial charge in [-0.1, -0.05) is 177 Å². The molecule has 0 spiro atoms. The molecule has 36 heavy (non-hydrogen) atoms. The van der Waals surface area contributed by atoms with Gasteiger partial charge in [-0.3, -0.25) is 0 Å². The SMILES string of the molecule is CCCCCCCCCCCOCCCCCCCCCCC.[NaH].c1ccc(-c2ccccc2)cc1. The van der Waals surface area contributed by atoms with Gasteiger partial charge in [-0.15, -0.1) is 0 Å². The van der Waals surface area contributed by atoms with E-state index in [1.807, 2.05) is 12.1 Å². The number of hydrogen-bond acceptors (Lipinski definition) is 1. The van der Waals surface area contributed by atoms with E-state index >= 15 is 0 Å². The van der Waals surface area contributed by atoms with Crippen LogP contribution in [0.15, 0.2) is 60.7 Å². The number of ether oxygens (including phenoxy) is 1. The summed E-state index contributed by atoms with van der Waals surface area (Å²) in [5, 5.41) is 0. The summed E-state index contributed by atoms with van der Waals surface area (Å²) in [4.78, 5) is 0. The predicted molar refractivity (Wildman–Crippen MR) is 164 cm³/mol. The summed E-state index contributed by atoms with van der Waals surface area (Å²) in [5.41, 5.74) is 2.55. The van der Waals surface area contributed by atoms with Gasteiger partial charge < -0.3 is 4.74 Å². The molecule has 0 radical (unpaired) electrons. The molecule has 2 aromatic carbocycles. The van der Waals surface area contributed by atoms with Gasteiger partial charge in [-0.25, -0.2) is 0 Å². The van der Waals surface area contributed by atoms with Crippen LogP contribution >= 0.6 is 0 Å². The summed E-state index contributed by atoms with van der Waals surface area (Å²) in [6.07, 6.45) is 25.2. The first-order valence-corrected chi connectivity index (χ1v) is 15.1. The summed E-state index contributed by atoms with van der Waals surface area (Å²) in [5.74, 6) is 0. The standard InChI is InChI=1S/C22H46O.C12H10.Na.H/c1-3-5-7-9-11-13-15-17-19-21-23-22-20-18-16-14-12-10-8-6-4-2;1-3-7-11(8-4-1)12-9-5-2-6-10-12;;/h3-22H2,1-2H3;1-10H;;. The van der Waals surface area contributed by atoms with Crippen LogP contribution in [0.4, 0.5) is 0 Å². The fourth-order valence-corrected chi connectivity index (χ4v) is 4.39. The first-order valence-electron chi connectivity index (χ1n) is 15.1. The van der Waals surface area contributed by atoms with Crippen LogP contribution in [-0.4, -0.2) is 42.8 Å². The van der Waals surface area contributed by atoms with Crippen molar-refractivity contribution in [3.8, 4) is 11.1 Å². The Hall–Kier alpha value is -0.600. The molecule has 0 bridgehead atoms. The van der Waals surface area contributed by atoms with Crippen molar-refractivity contribution in [2.24, 2.45) is 0 Å². The maximum atomic E-state index is 5.75. The van der Waals surface area contributed by atoms with Crippen LogP contribution in [0.1, 0.15) is 129 Å². The van der Waals surface area contributed by atoms with Gasteiger partial charge >= 0.3 is 29.6 Å². The van der Waals surface area contributed by atoms with Gasteiger partial charge in [-0.05, 0) is 24.0 Å². The van der Waals surface area contributed by atoms with Gasteiger partial charge in [0.15, 0.2) is 0 Å². The third-order valence-electron chi connectivity index (χ3n) is 6.67. The molecule has 0 amide bonds. The van der Waals surface area contributed by atoms with Crippen LogP contribution in [0, 0.1) is 0 Å². The molecule has 0 unspecified atom stereocenters. The van der Waals surface area contributed by atoms with Gasteiger partial charge in [0.1, 0.15) is 0 Å². The van der Waals surface area contributed by atoms with E-state index in [2.05, 4.69) is 62.4 Å². The van der Waals surface area contributed by atoms with Gasteiger partial charge in [0.25, 0.3) is 0 Å². The van der Waals surface area contributed by atoms with Gasteiger partial charge in [0, 0.05) is 13.2 Å². The summed E-state index contributed by atoms with van der Waals surface area (Å²) < 4.78 is 5.75. The molecule has 0 aromatic heterocycles. The van der Waals surface area contributed by atoms with E-state index in [-0.39, 0.29) is 29.6 Å². The normalized spacial score (nSPS) is 10.4. The van der Waals surface area contributed by atoms with E-state index in [1.165, 1.54) is 127 Å². The Balaban J connectivity index is 0.000000782. The van der Waals surface area contributed by atoms with Crippen molar-refractivity contribution in [1.29, 1.82) is 0 Å². The van der Waals surface area contributed by atoms with Crippen molar-refractivity contribution >= 4 is 29.6 Å². The first-order chi connectivity index (χ1) is 17.4. The number of hydrogen-bond donors (Lipinski definition) is 0. The molecule has 0 aliphatic carbocycles. The van der Waals surface area contributed by atoms with Crippen LogP contribution in [0.2, 0.25) is 0 Å². The molecular weight excluding hydrogens is 447 g/mol. The van der Waals surface area contributed by atoms with Crippen molar-refractivity contribution in [3.63, 3.8) is 0 Å². The number of unbranched alkanes of at least 4 members (excludes halogenated alkanes) is 16. The second kappa shape index (κ2) is 29.0. The third kappa shape index (κ3) is 22.6. The Kier molecular flexibility index (Phi) is 28.5. The molecule has 1 nitrogen and oxygen atoms in total. The van der Waals surface area contributed by atoms with Gasteiger partial charge in [0.05, 0.1) is 0 Å². The molecule has 0 heterocycles. The van der Waals surface area contributed by atoms with E-state index in [9.17, 15) is 0 Å². The minimum Gasteiger partial charge on any atom is -0.0622 e. The quantitative estimate of drug-likeness (QED) is 0.121. The molecule has 2 aromatic rings. The molecule has 0 N–H and O–H groups in total. The van der Waals surface area contributed by atoms with E-state index in [1.54, 1.807) is 0 Å². The average molecular weight is 505 g/mol. The monoisotopic (exact) mass is 504 g/mol. The molecule has 2 rings (SSSR count). The van der Waals surface area contributed by atoms with Crippen LogP contribution in [0.5, 0.6) is 0 Å². The molecule has 0 aliphatic rings. The van der Waals surface area contributed by atoms with Crippen LogP contribution in [-0.2, 0) is 4.74 Å². The van der Waals surface area contributed by atoms with E-state index < -0.39 is 0 Å². The molecular formula is C34H57NaO. The Morgan fingerprint density at radius 3 is 0.972 bits per heavy atom. The van der Waals surface area contributed by atoms with E-state index in [0.717, 1.165) is 13.2 Å². The molecule has 0 atom stereocenters. The number of rotatable bonds is 21. The Morgan fingerprint density at radius 1 is 0.389 bits per heavy atom. The Morgan fingerprint density at radius 2 is 0.667 bits per heavy atom. The summed E-state index contributed by atoms with van der Waals surface area (Å²) in [7, 11) is 0. The molecule has 0 aliphatic heterocycles. The van der Waals surface area contributed by atoms with E-state index in [0.29, 0.717) is 0 Å². The summed E-state index contributed by atoms with van der Waals surface area (Å²) in [6, 6.07) is 20.8. The second-order valence-electron chi connectivity index (χ2n) is 10.0. The Bertz CT molecular complexity index is 585. The van der Waals surface area contributed by atoms with Crippen molar-refractivity contribution < 1.29 is 4.74 Å². The summed E-state index contributed by atoms with van der Waals surface area (Å²) >= 11 is 0. The first kappa shape index (κ1) is 35.4. The zero-order valence-electron chi connectivity index (χ0n) is 23.3. The van der Waals surface area contributed by atoms with Crippen LogP contribution in [0.3, 0.4) is 0 Å². The number of benzene rings is 2. The Labute approximate surface area is 247 Å². The second-order valence-corrected chi connectivity index (χ2v) is 10.0. The molecule has 0 saturated carbocycles. The molecule has 200 valence electrons. The van der Waals surface area contributed by atoms with Gasteiger partial charge in [-0.2, -0.15) is 0 Å². The van der Waals surface area contributed by atoms with Crippen molar-refractivity contribution in [1.82, 2.24) is 0 Å². The largest absolute Gasteiger partial charge is 0.0622 e. The van der Waals surface area contributed by atoms with Crippen LogP contribution < -0.4 is 0 Å². The molecule has 0 fully saturated rings. The molecule has 0 saturated heterocycles. The fourth-order valence-electron chi connectivity index (χ4n) is 4.39.